The van der Waals surface area contributed by atoms with Crippen LogP contribution in [-0.4, -0.2) is 6.43 Å². The van der Waals surface area contributed by atoms with Crippen molar-refractivity contribution in [3.05, 3.63) is 11.1 Å². The highest BCUT2D eigenvalue weighted by Gasteiger charge is 1.88. The van der Waals surface area contributed by atoms with Crippen LogP contribution in [0.2, 0.25) is 0 Å². The summed E-state index contributed by atoms with van der Waals surface area (Å²) in [6, 6.07) is 0. The molecular formula is C3H3BrF2. The largest absolute Gasteiger partial charge is 0.257 e. The molecule has 36 valence electrons. The van der Waals surface area contributed by atoms with Crippen LogP contribution in [-0.2, 0) is 0 Å². The molecule has 0 rings (SSSR count). The molecule has 0 heterocycles. The number of rotatable bonds is 1. The molecule has 0 bridgehead atoms. The predicted octanol–water partition coefficient (Wildman–Crippen LogP) is 2.16. The van der Waals surface area contributed by atoms with Crippen LogP contribution >= 0.6 is 15.9 Å². The zero-order valence-electron chi connectivity index (χ0n) is 2.87. The lowest BCUT2D eigenvalue weighted by atomic mass is 10.7. The van der Waals surface area contributed by atoms with Gasteiger partial charge >= 0.3 is 0 Å². The predicted molar refractivity (Wildman–Crippen MR) is 24.1 cm³/mol. The Hall–Kier alpha value is 0.0800. The van der Waals surface area contributed by atoms with Crippen molar-refractivity contribution in [1.29, 1.82) is 0 Å². The van der Waals surface area contributed by atoms with E-state index >= 15 is 0 Å². The van der Waals surface area contributed by atoms with Gasteiger partial charge in [-0.15, -0.1) is 0 Å². The maximum atomic E-state index is 10.9. The quantitative estimate of drug-likeness (QED) is 0.546. The molecule has 6 heavy (non-hydrogen) atoms. The van der Waals surface area contributed by atoms with E-state index in [0.29, 0.717) is 0 Å². The third-order valence-corrected chi connectivity index (χ3v) is 0.523. The molecule has 0 fully saturated rings. The summed E-state index contributed by atoms with van der Waals surface area (Å²) in [5, 5.41) is 0. The molecule has 0 saturated carbocycles. The average molecular weight is 157 g/mol. The van der Waals surface area contributed by atoms with Crippen LogP contribution < -0.4 is 0 Å². The van der Waals surface area contributed by atoms with Crippen molar-refractivity contribution in [3.63, 3.8) is 0 Å². The minimum Gasteiger partial charge on any atom is -0.206 e. The Labute approximate surface area is 43.0 Å². The Morgan fingerprint density at radius 3 is 2.00 bits per heavy atom. The maximum Gasteiger partial charge on any atom is 0.257 e. The SMILES string of the molecule is FC(F)C=CBr. The molecule has 0 spiro atoms. The number of allylic oxidation sites excluding steroid dienone is 1. The van der Waals surface area contributed by atoms with Crippen molar-refractivity contribution in [2.75, 3.05) is 0 Å². The first-order chi connectivity index (χ1) is 2.77. The fourth-order valence-corrected chi connectivity index (χ4v) is 0.286. The van der Waals surface area contributed by atoms with Crippen molar-refractivity contribution in [3.8, 4) is 0 Å². The number of hydrogen-bond acceptors (Lipinski definition) is 0. The number of alkyl halides is 2. The van der Waals surface area contributed by atoms with Crippen LogP contribution in [0.1, 0.15) is 0 Å². The van der Waals surface area contributed by atoms with Gasteiger partial charge in [0.1, 0.15) is 0 Å². The molecule has 0 aliphatic rings. The van der Waals surface area contributed by atoms with E-state index in [2.05, 4.69) is 15.9 Å². The van der Waals surface area contributed by atoms with Crippen LogP contribution in [0.5, 0.6) is 0 Å². The smallest absolute Gasteiger partial charge is 0.206 e. The van der Waals surface area contributed by atoms with E-state index in [9.17, 15) is 8.78 Å². The lowest BCUT2D eigenvalue weighted by Gasteiger charge is -1.77. The summed E-state index contributed by atoms with van der Waals surface area (Å²) in [5.74, 6) is 0. The van der Waals surface area contributed by atoms with Crippen LogP contribution in [0.3, 0.4) is 0 Å². The fraction of sp³-hybridized carbons (Fsp3) is 0.333. The maximum absolute atomic E-state index is 10.9. The Morgan fingerprint density at radius 2 is 2.00 bits per heavy atom. The zero-order valence-corrected chi connectivity index (χ0v) is 4.45. The minimum absolute atomic E-state index is 0.750. The lowest BCUT2D eigenvalue weighted by Crippen LogP contribution is -1.75. The van der Waals surface area contributed by atoms with E-state index in [1.165, 1.54) is 0 Å². The normalized spacial score (nSPS) is 11.3. The number of hydrogen-bond donors (Lipinski definition) is 0. The zero-order chi connectivity index (χ0) is 4.99. The topological polar surface area (TPSA) is 0 Å². The van der Waals surface area contributed by atoms with Crippen LogP contribution in [0, 0.1) is 0 Å². The van der Waals surface area contributed by atoms with Gasteiger partial charge in [0.05, 0.1) is 0 Å². The van der Waals surface area contributed by atoms with Gasteiger partial charge in [-0.05, 0) is 11.1 Å². The summed E-state index contributed by atoms with van der Waals surface area (Å²) in [6.07, 6.45) is -1.58. The first kappa shape index (κ1) is 6.08. The van der Waals surface area contributed by atoms with Gasteiger partial charge in [0.15, 0.2) is 0 Å². The fourth-order valence-electron chi connectivity index (χ4n) is 0.0550. The Kier molecular flexibility index (Phi) is 3.32. The van der Waals surface area contributed by atoms with Crippen LogP contribution in [0.25, 0.3) is 0 Å². The molecule has 3 heteroatoms. The van der Waals surface area contributed by atoms with E-state index in [1.807, 2.05) is 0 Å². The van der Waals surface area contributed by atoms with Gasteiger partial charge in [0, 0.05) is 0 Å². The van der Waals surface area contributed by atoms with E-state index in [1.54, 1.807) is 0 Å². The van der Waals surface area contributed by atoms with Gasteiger partial charge in [-0.3, -0.25) is 0 Å². The lowest BCUT2D eigenvalue weighted by molar-refractivity contribution is 0.204. The van der Waals surface area contributed by atoms with Crippen LogP contribution in [0.4, 0.5) is 8.78 Å². The minimum atomic E-state index is -2.33. The van der Waals surface area contributed by atoms with E-state index in [0.717, 1.165) is 11.1 Å². The molecular weight excluding hydrogens is 154 g/mol. The van der Waals surface area contributed by atoms with E-state index < -0.39 is 6.43 Å². The van der Waals surface area contributed by atoms with Crippen molar-refractivity contribution in [1.82, 2.24) is 0 Å². The Morgan fingerprint density at radius 1 is 1.50 bits per heavy atom. The molecule has 0 radical (unpaired) electrons. The third kappa shape index (κ3) is 4.08. The molecule has 0 N–H and O–H groups in total. The second-order valence-electron chi connectivity index (χ2n) is 0.653. The van der Waals surface area contributed by atoms with Crippen LogP contribution in [0.15, 0.2) is 11.1 Å². The average Bonchev–Trinajstić information content (AvgIpc) is 1.35. The highest BCUT2D eigenvalue weighted by atomic mass is 79.9. The molecule has 0 aliphatic heterocycles. The van der Waals surface area contributed by atoms with Gasteiger partial charge in [0.25, 0.3) is 6.43 Å². The standard InChI is InChI=1S/C3H3BrF2/c4-2-1-3(5)6/h1-3H. The molecule has 0 unspecified atom stereocenters. The highest BCUT2D eigenvalue weighted by Crippen LogP contribution is 1.94. The van der Waals surface area contributed by atoms with Gasteiger partial charge in [-0.1, -0.05) is 15.9 Å². The molecule has 0 aromatic rings. The molecule has 0 saturated heterocycles. The van der Waals surface area contributed by atoms with Crippen molar-refractivity contribution in [2.45, 2.75) is 6.43 Å². The first-order valence-electron chi connectivity index (χ1n) is 1.32. The second kappa shape index (κ2) is 3.28. The first-order valence-corrected chi connectivity index (χ1v) is 2.24. The molecule has 0 nitrogen and oxygen atoms in total. The highest BCUT2D eigenvalue weighted by molar-refractivity contribution is 9.11. The molecule has 0 atom stereocenters. The Bertz CT molecular complexity index is 50.8. The van der Waals surface area contributed by atoms with Gasteiger partial charge < -0.3 is 0 Å². The Balaban J connectivity index is 3.03. The van der Waals surface area contributed by atoms with Gasteiger partial charge in [-0.25, -0.2) is 8.78 Å². The second-order valence-corrected chi connectivity index (χ2v) is 1.18. The monoisotopic (exact) mass is 156 g/mol. The summed E-state index contributed by atoms with van der Waals surface area (Å²) in [5.41, 5.74) is 0. The summed E-state index contributed by atoms with van der Waals surface area (Å²) >= 11 is 2.69. The summed E-state index contributed by atoms with van der Waals surface area (Å²) in [4.78, 5) is 1.14. The van der Waals surface area contributed by atoms with Gasteiger partial charge in [0.2, 0.25) is 0 Å². The summed E-state index contributed by atoms with van der Waals surface area (Å²) < 4.78 is 21.8. The molecule has 0 amide bonds. The number of halogens is 3. The van der Waals surface area contributed by atoms with Crippen molar-refractivity contribution < 1.29 is 8.78 Å². The third-order valence-electron chi connectivity index (χ3n) is 0.218. The summed E-state index contributed by atoms with van der Waals surface area (Å²) in [7, 11) is 0. The van der Waals surface area contributed by atoms with Crippen molar-refractivity contribution in [2.24, 2.45) is 0 Å². The van der Waals surface area contributed by atoms with E-state index in [4.69, 9.17) is 0 Å². The molecule has 0 aliphatic carbocycles. The van der Waals surface area contributed by atoms with Crippen molar-refractivity contribution >= 4 is 15.9 Å². The van der Waals surface area contributed by atoms with Gasteiger partial charge in [-0.2, -0.15) is 0 Å². The molecule has 0 aromatic carbocycles. The van der Waals surface area contributed by atoms with E-state index in [-0.39, 0.29) is 0 Å². The molecule has 0 aromatic heterocycles. The summed E-state index contributed by atoms with van der Waals surface area (Å²) in [6.45, 7) is 0.